The predicted molar refractivity (Wildman–Crippen MR) is 69.4 cm³/mol. The summed E-state index contributed by atoms with van der Waals surface area (Å²) in [6.07, 6.45) is 2.33. The molecule has 0 aromatic heterocycles. The van der Waals surface area contributed by atoms with E-state index in [-0.39, 0.29) is 5.78 Å². The van der Waals surface area contributed by atoms with Crippen LogP contribution in [-0.2, 0) is 14.3 Å². The van der Waals surface area contributed by atoms with Crippen molar-refractivity contribution in [1.29, 1.82) is 0 Å². The van der Waals surface area contributed by atoms with Crippen LogP contribution in [0.3, 0.4) is 0 Å². The summed E-state index contributed by atoms with van der Waals surface area (Å²) >= 11 is 0. The van der Waals surface area contributed by atoms with Crippen molar-refractivity contribution in [2.45, 2.75) is 25.0 Å². The number of methoxy groups -OCH3 is 1. The Hall–Kier alpha value is -1.92. The van der Waals surface area contributed by atoms with Gasteiger partial charge in [0.25, 0.3) is 5.79 Å². The highest BCUT2D eigenvalue weighted by Crippen LogP contribution is 2.36. The zero-order valence-electron chi connectivity index (χ0n) is 11.1. The smallest absolute Gasteiger partial charge is 0.337 e. The van der Waals surface area contributed by atoms with Gasteiger partial charge < -0.3 is 9.47 Å². The van der Waals surface area contributed by atoms with E-state index in [1.807, 2.05) is 0 Å². The third kappa shape index (κ3) is 1.97. The molecule has 1 atom stereocenters. The van der Waals surface area contributed by atoms with Crippen LogP contribution >= 0.6 is 0 Å². The molecule has 0 saturated carbocycles. The van der Waals surface area contributed by atoms with Crippen LogP contribution in [0.15, 0.2) is 18.2 Å². The van der Waals surface area contributed by atoms with Crippen LogP contribution in [0, 0.1) is 0 Å². The van der Waals surface area contributed by atoms with Crippen molar-refractivity contribution in [1.82, 2.24) is 0 Å². The van der Waals surface area contributed by atoms with E-state index in [9.17, 15) is 9.59 Å². The van der Waals surface area contributed by atoms with E-state index in [2.05, 4.69) is 10.2 Å². The van der Waals surface area contributed by atoms with Crippen LogP contribution in [0.25, 0.3) is 0 Å². The number of anilines is 1. The van der Waals surface area contributed by atoms with Crippen LogP contribution in [0.1, 0.15) is 40.0 Å². The molecule has 1 unspecified atom stereocenters. The fourth-order valence-electron chi connectivity index (χ4n) is 2.49. The summed E-state index contributed by atoms with van der Waals surface area (Å²) in [4.78, 5) is 29.5. The molecule has 106 valence electrons. The van der Waals surface area contributed by atoms with Crippen LogP contribution in [0.4, 0.5) is 5.69 Å². The molecule has 2 aliphatic heterocycles. The van der Waals surface area contributed by atoms with Gasteiger partial charge in [-0.3, -0.25) is 10.3 Å². The number of hydrogen-bond donors (Lipinski definition) is 1. The molecule has 1 saturated heterocycles. The summed E-state index contributed by atoms with van der Waals surface area (Å²) in [5.74, 6) is -1.89. The molecule has 1 N–H and O–H groups in total. The number of nitrogens with one attached hydrogen (secondary N) is 1. The van der Waals surface area contributed by atoms with Gasteiger partial charge in [-0.15, -0.1) is 0 Å². The van der Waals surface area contributed by atoms with Gasteiger partial charge in [0.1, 0.15) is 0 Å². The number of hydrogen-bond acceptors (Lipinski definition) is 6. The molecule has 1 fully saturated rings. The molecule has 6 nitrogen and oxygen atoms in total. The minimum absolute atomic E-state index is 0.206. The van der Waals surface area contributed by atoms with E-state index in [1.165, 1.54) is 13.2 Å². The summed E-state index contributed by atoms with van der Waals surface area (Å²) in [7, 11) is 1.31. The minimum atomic E-state index is -1.22. The Morgan fingerprint density at radius 3 is 2.95 bits per heavy atom. The molecule has 3 rings (SSSR count). The molecule has 0 aliphatic carbocycles. The predicted octanol–water partition coefficient (Wildman–Crippen LogP) is 1.91. The highest BCUT2D eigenvalue weighted by atomic mass is 16.8. The summed E-state index contributed by atoms with van der Waals surface area (Å²) in [6, 6.07) is 4.69. The fourth-order valence-corrected chi connectivity index (χ4v) is 2.49. The molecule has 6 heteroatoms. The third-order valence-corrected chi connectivity index (χ3v) is 3.59. The highest BCUT2D eigenvalue weighted by molar-refractivity contribution is 6.08. The zero-order chi connectivity index (χ0) is 14.2. The van der Waals surface area contributed by atoms with Gasteiger partial charge in [-0.05, 0) is 31.0 Å². The zero-order valence-corrected chi connectivity index (χ0v) is 11.1. The molecule has 1 spiro atoms. The second-order valence-corrected chi connectivity index (χ2v) is 4.84. The van der Waals surface area contributed by atoms with E-state index < -0.39 is 11.8 Å². The highest BCUT2D eigenvalue weighted by Gasteiger charge is 2.47. The standard InChI is InChI=1S/C14H15NO5/c1-18-13(17)9-4-5-10-11(8-9)15-20-14(12(10)16)6-2-3-7-19-14/h4-5,8,15H,2-3,6-7H2,1H3. The molecule has 2 heterocycles. The van der Waals surface area contributed by atoms with Crippen molar-refractivity contribution in [3.05, 3.63) is 29.3 Å². The van der Waals surface area contributed by atoms with Crippen molar-refractivity contribution in [2.75, 3.05) is 19.2 Å². The molecule has 1 aromatic carbocycles. The Bertz CT molecular complexity index is 563. The number of ketones is 1. The Morgan fingerprint density at radius 1 is 1.40 bits per heavy atom. The lowest BCUT2D eigenvalue weighted by Gasteiger charge is -2.38. The summed E-state index contributed by atoms with van der Waals surface area (Å²) in [5, 5.41) is 0. The summed E-state index contributed by atoms with van der Waals surface area (Å²) < 4.78 is 10.2. The number of carbonyl (C=O) groups excluding carboxylic acids is 2. The Kier molecular flexibility index (Phi) is 3.19. The van der Waals surface area contributed by atoms with Crippen LogP contribution in [-0.4, -0.2) is 31.3 Å². The van der Waals surface area contributed by atoms with Gasteiger partial charge in [0.15, 0.2) is 0 Å². The monoisotopic (exact) mass is 277 g/mol. The second kappa shape index (κ2) is 4.88. The van der Waals surface area contributed by atoms with Gasteiger partial charge in [-0.1, -0.05) is 0 Å². The lowest BCUT2D eigenvalue weighted by molar-refractivity contribution is -0.208. The molecular formula is C14H15NO5. The van der Waals surface area contributed by atoms with Gasteiger partial charge in [-0.2, -0.15) is 0 Å². The van der Waals surface area contributed by atoms with Crippen molar-refractivity contribution < 1.29 is 23.9 Å². The number of ether oxygens (including phenoxy) is 2. The summed E-state index contributed by atoms with van der Waals surface area (Å²) in [5.41, 5.74) is 4.00. The van der Waals surface area contributed by atoms with E-state index in [4.69, 9.17) is 9.57 Å². The maximum Gasteiger partial charge on any atom is 0.337 e. The van der Waals surface area contributed by atoms with Gasteiger partial charge in [-0.25, -0.2) is 9.63 Å². The Labute approximate surface area is 116 Å². The molecule has 0 bridgehead atoms. The van der Waals surface area contributed by atoms with Crippen molar-refractivity contribution in [2.24, 2.45) is 0 Å². The first kappa shape index (κ1) is 13.1. The van der Waals surface area contributed by atoms with E-state index in [0.29, 0.717) is 29.8 Å². The lowest BCUT2D eigenvalue weighted by atomic mass is 9.93. The normalized spacial score (nSPS) is 24.9. The first-order chi connectivity index (χ1) is 9.66. The lowest BCUT2D eigenvalue weighted by Crippen LogP contribution is -2.50. The molecule has 2 aliphatic rings. The topological polar surface area (TPSA) is 73.9 Å². The van der Waals surface area contributed by atoms with Gasteiger partial charge >= 0.3 is 5.97 Å². The molecule has 1 aromatic rings. The maximum absolute atomic E-state index is 12.5. The van der Waals surface area contributed by atoms with Crippen LogP contribution < -0.4 is 5.48 Å². The first-order valence-corrected chi connectivity index (χ1v) is 6.51. The fraction of sp³-hybridized carbons (Fsp3) is 0.429. The van der Waals surface area contributed by atoms with E-state index in [0.717, 1.165) is 12.8 Å². The quantitative estimate of drug-likeness (QED) is 0.790. The van der Waals surface area contributed by atoms with Crippen LogP contribution in [0.5, 0.6) is 0 Å². The van der Waals surface area contributed by atoms with Crippen molar-refractivity contribution >= 4 is 17.4 Å². The number of Topliss-reactive ketones (excluding diaryl/α,β-unsaturated/α-hetero) is 1. The average molecular weight is 277 g/mol. The van der Waals surface area contributed by atoms with E-state index in [1.54, 1.807) is 12.1 Å². The minimum Gasteiger partial charge on any atom is -0.465 e. The number of fused-ring (bicyclic) bond motifs is 1. The number of esters is 1. The first-order valence-electron chi connectivity index (χ1n) is 6.51. The van der Waals surface area contributed by atoms with Gasteiger partial charge in [0, 0.05) is 12.0 Å². The molecular weight excluding hydrogens is 262 g/mol. The van der Waals surface area contributed by atoms with Crippen LogP contribution in [0.2, 0.25) is 0 Å². The number of rotatable bonds is 1. The average Bonchev–Trinajstić information content (AvgIpc) is 2.51. The third-order valence-electron chi connectivity index (χ3n) is 3.59. The summed E-state index contributed by atoms with van der Waals surface area (Å²) in [6.45, 7) is 0.503. The second-order valence-electron chi connectivity index (χ2n) is 4.84. The van der Waals surface area contributed by atoms with E-state index >= 15 is 0 Å². The SMILES string of the molecule is COC(=O)c1ccc2c(c1)NOC1(CCCCO1)C2=O. The maximum atomic E-state index is 12.5. The molecule has 0 radical (unpaired) electrons. The van der Waals surface area contributed by atoms with Gasteiger partial charge in [0.2, 0.25) is 5.78 Å². The number of benzene rings is 1. The van der Waals surface area contributed by atoms with Crippen molar-refractivity contribution in [3.63, 3.8) is 0 Å². The largest absolute Gasteiger partial charge is 0.465 e. The Morgan fingerprint density at radius 2 is 2.25 bits per heavy atom. The molecule has 0 amide bonds. The molecule has 20 heavy (non-hydrogen) atoms. The van der Waals surface area contributed by atoms with Crippen molar-refractivity contribution in [3.8, 4) is 0 Å². The number of carbonyl (C=O) groups is 2. The Balaban J connectivity index is 1.94. The van der Waals surface area contributed by atoms with Gasteiger partial charge in [0.05, 0.1) is 25.0 Å².